The van der Waals surface area contributed by atoms with Crippen molar-refractivity contribution in [2.24, 2.45) is 5.92 Å². The van der Waals surface area contributed by atoms with Crippen molar-refractivity contribution in [3.63, 3.8) is 0 Å². The second-order valence-electron chi connectivity index (χ2n) is 5.27. The molecule has 2 heterocycles. The maximum absolute atomic E-state index is 9.04. The summed E-state index contributed by atoms with van der Waals surface area (Å²) in [5, 5.41) is 10.2. The maximum Gasteiger partial charge on any atom is 0.135 e. The summed E-state index contributed by atoms with van der Waals surface area (Å²) in [7, 11) is 0. The molecule has 19 heavy (non-hydrogen) atoms. The third-order valence-corrected chi connectivity index (χ3v) is 4.32. The second kappa shape index (κ2) is 6.89. The van der Waals surface area contributed by atoms with Gasteiger partial charge in [-0.15, -0.1) is 0 Å². The Kier molecular flexibility index (Phi) is 5.46. The molecular formula is C14H20Cl2N2O. The normalized spacial score (nSPS) is 20.7. The molecule has 1 atom stereocenters. The predicted octanol–water partition coefficient (Wildman–Crippen LogP) is 3.29. The largest absolute Gasteiger partial charge is 0.396 e. The van der Waals surface area contributed by atoms with Crippen LogP contribution in [0.25, 0.3) is 0 Å². The highest BCUT2D eigenvalue weighted by atomic mass is 35.5. The van der Waals surface area contributed by atoms with Gasteiger partial charge in [-0.3, -0.25) is 4.90 Å². The zero-order valence-electron chi connectivity index (χ0n) is 11.2. The van der Waals surface area contributed by atoms with E-state index in [2.05, 4.69) is 9.88 Å². The molecule has 1 aromatic heterocycles. The lowest BCUT2D eigenvalue weighted by molar-refractivity contribution is 0.142. The lowest BCUT2D eigenvalue weighted by Gasteiger charge is -2.32. The van der Waals surface area contributed by atoms with Crippen molar-refractivity contribution in [3.8, 4) is 0 Å². The van der Waals surface area contributed by atoms with E-state index in [-0.39, 0.29) is 6.61 Å². The number of aryl methyl sites for hydroxylation is 1. The Hall–Kier alpha value is -0.350. The predicted molar refractivity (Wildman–Crippen MR) is 78.7 cm³/mol. The molecule has 0 saturated carbocycles. The zero-order chi connectivity index (χ0) is 13.8. The molecule has 0 aromatic carbocycles. The molecular weight excluding hydrogens is 283 g/mol. The highest BCUT2D eigenvalue weighted by Crippen LogP contribution is 2.27. The van der Waals surface area contributed by atoms with Gasteiger partial charge in [0.1, 0.15) is 5.15 Å². The average Bonchev–Trinajstić information content (AvgIpc) is 2.35. The minimum atomic E-state index is 0.270. The Morgan fingerprint density at radius 1 is 1.47 bits per heavy atom. The van der Waals surface area contributed by atoms with E-state index in [0.717, 1.165) is 37.3 Å². The second-order valence-corrected chi connectivity index (χ2v) is 6.04. The van der Waals surface area contributed by atoms with Gasteiger partial charge in [0.25, 0.3) is 0 Å². The molecule has 1 fully saturated rings. The van der Waals surface area contributed by atoms with Crippen LogP contribution in [0.1, 0.15) is 30.5 Å². The van der Waals surface area contributed by atoms with Crippen LogP contribution in [0.2, 0.25) is 10.2 Å². The van der Waals surface area contributed by atoms with E-state index in [0.29, 0.717) is 16.1 Å². The molecule has 0 radical (unpaired) electrons. The number of likely N-dealkylation sites (tertiary alicyclic amines) is 1. The van der Waals surface area contributed by atoms with Gasteiger partial charge in [-0.05, 0) is 44.7 Å². The Bertz CT molecular complexity index is 414. The van der Waals surface area contributed by atoms with Crippen molar-refractivity contribution in [2.75, 3.05) is 19.7 Å². The van der Waals surface area contributed by atoms with Crippen LogP contribution < -0.4 is 0 Å². The van der Waals surface area contributed by atoms with Crippen LogP contribution in [0.4, 0.5) is 0 Å². The van der Waals surface area contributed by atoms with Gasteiger partial charge < -0.3 is 5.11 Å². The summed E-state index contributed by atoms with van der Waals surface area (Å²) in [5.41, 5.74) is 1.76. The summed E-state index contributed by atoms with van der Waals surface area (Å²) < 4.78 is 0. The van der Waals surface area contributed by atoms with Crippen molar-refractivity contribution >= 4 is 23.2 Å². The molecule has 0 bridgehead atoms. The number of pyridine rings is 1. The number of nitrogens with zero attached hydrogens (tertiary/aromatic N) is 2. The Morgan fingerprint density at radius 2 is 2.26 bits per heavy atom. The number of hydrogen-bond acceptors (Lipinski definition) is 3. The van der Waals surface area contributed by atoms with Crippen LogP contribution in [0, 0.1) is 12.8 Å². The molecule has 1 N–H and O–H groups in total. The van der Waals surface area contributed by atoms with Gasteiger partial charge in [0.2, 0.25) is 0 Å². The summed E-state index contributed by atoms with van der Waals surface area (Å²) in [5.74, 6) is 0.578. The van der Waals surface area contributed by atoms with Gasteiger partial charge in [0.05, 0.1) is 0 Å². The lowest BCUT2D eigenvalue weighted by Crippen LogP contribution is -2.35. The van der Waals surface area contributed by atoms with Crippen LogP contribution in [0.3, 0.4) is 0 Å². The molecule has 1 saturated heterocycles. The summed E-state index contributed by atoms with van der Waals surface area (Å²) >= 11 is 12.4. The van der Waals surface area contributed by atoms with Crippen molar-refractivity contribution in [1.29, 1.82) is 0 Å². The van der Waals surface area contributed by atoms with Gasteiger partial charge in [-0.1, -0.05) is 23.2 Å². The summed E-state index contributed by atoms with van der Waals surface area (Å²) in [4.78, 5) is 6.62. The molecule has 1 aliphatic rings. The lowest BCUT2D eigenvalue weighted by atomic mass is 9.95. The minimum absolute atomic E-state index is 0.270. The van der Waals surface area contributed by atoms with Crippen molar-refractivity contribution in [3.05, 3.63) is 27.5 Å². The molecule has 1 aromatic rings. The average molecular weight is 303 g/mol. The number of halogens is 2. The molecule has 0 spiro atoms. The highest BCUT2D eigenvalue weighted by molar-refractivity contribution is 6.35. The SMILES string of the molecule is Cc1cc(Cl)c(CN2CCCC(CCO)C2)c(Cl)n1. The monoisotopic (exact) mass is 302 g/mol. The quantitative estimate of drug-likeness (QED) is 0.867. The summed E-state index contributed by atoms with van der Waals surface area (Å²) in [6.45, 7) is 4.96. The van der Waals surface area contributed by atoms with E-state index >= 15 is 0 Å². The number of aromatic nitrogens is 1. The standard InChI is InChI=1S/C14H20Cl2N2O/c1-10-7-13(15)12(14(16)17-10)9-18-5-2-3-11(8-18)4-6-19/h7,11,19H,2-6,8-9H2,1H3. The first-order valence-electron chi connectivity index (χ1n) is 6.75. The van der Waals surface area contributed by atoms with Crippen LogP contribution >= 0.6 is 23.2 Å². The van der Waals surface area contributed by atoms with E-state index in [1.165, 1.54) is 12.8 Å². The van der Waals surface area contributed by atoms with E-state index in [9.17, 15) is 0 Å². The topological polar surface area (TPSA) is 36.4 Å². The smallest absolute Gasteiger partial charge is 0.135 e. The van der Waals surface area contributed by atoms with Crippen LogP contribution in [0.15, 0.2) is 6.07 Å². The molecule has 3 nitrogen and oxygen atoms in total. The van der Waals surface area contributed by atoms with Crippen LogP contribution in [-0.2, 0) is 6.54 Å². The summed E-state index contributed by atoms with van der Waals surface area (Å²) in [6.07, 6.45) is 3.24. The van der Waals surface area contributed by atoms with Crippen molar-refractivity contribution in [2.45, 2.75) is 32.7 Å². The van der Waals surface area contributed by atoms with Gasteiger partial charge >= 0.3 is 0 Å². The van der Waals surface area contributed by atoms with E-state index in [1.807, 2.05) is 13.0 Å². The molecule has 2 rings (SSSR count). The van der Waals surface area contributed by atoms with Crippen molar-refractivity contribution < 1.29 is 5.11 Å². The first-order chi connectivity index (χ1) is 9.10. The molecule has 5 heteroatoms. The molecule has 1 aliphatic heterocycles. The van der Waals surface area contributed by atoms with Gasteiger partial charge in [-0.25, -0.2) is 4.98 Å². The van der Waals surface area contributed by atoms with Gasteiger partial charge in [0, 0.05) is 36.0 Å². The fraction of sp³-hybridized carbons (Fsp3) is 0.643. The zero-order valence-corrected chi connectivity index (χ0v) is 12.7. The van der Waals surface area contributed by atoms with Gasteiger partial charge in [0.15, 0.2) is 0 Å². The van der Waals surface area contributed by atoms with Gasteiger partial charge in [-0.2, -0.15) is 0 Å². The Morgan fingerprint density at radius 3 is 2.95 bits per heavy atom. The van der Waals surface area contributed by atoms with E-state index in [1.54, 1.807) is 0 Å². The number of aliphatic hydroxyl groups excluding tert-OH is 1. The van der Waals surface area contributed by atoms with E-state index < -0.39 is 0 Å². The molecule has 0 amide bonds. The number of piperidine rings is 1. The Balaban J connectivity index is 2.04. The summed E-state index contributed by atoms with van der Waals surface area (Å²) in [6, 6.07) is 1.86. The fourth-order valence-corrected chi connectivity index (χ4v) is 3.35. The minimum Gasteiger partial charge on any atom is -0.396 e. The third-order valence-electron chi connectivity index (χ3n) is 3.67. The number of hydrogen-bond donors (Lipinski definition) is 1. The molecule has 1 unspecified atom stereocenters. The Labute approximate surface area is 124 Å². The number of aliphatic hydroxyl groups is 1. The fourth-order valence-electron chi connectivity index (χ4n) is 2.70. The van der Waals surface area contributed by atoms with Crippen LogP contribution in [-0.4, -0.2) is 34.7 Å². The molecule has 0 aliphatic carbocycles. The molecule has 106 valence electrons. The maximum atomic E-state index is 9.04. The van der Waals surface area contributed by atoms with Crippen LogP contribution in [0.5, 0.6) is 0 Å². The highest BCUT2D eigenvalue weighted by Gasteiger charge is 2.21. The first-order valence-corrected chi connectivity index (χ1v) is 7.50. The number of rotatable bonds is 4. The first kappa shape index (κ1) is 15.0. The third kappa shape index (κ3) is 4.06. The van der Waals surface area contributed by atoms with Crippen molar-refractivity contribution in [1.82, 2.24) is 9.88 Å². The van der Waals surface area contributed by atoms with E-state index in [4.69, 9.17) is 28.3 Å².